The average molecular weight is 161 g/mol. The third-order valence-electron chi connectivity index (χ3n) is 1.85. The second kappa shape index (κ2) is 4.21. The van der Waals surface area contributed by atoms with Gasteiger partial charge in [-0.15, -0.1) is 11.8 Å². The molecule has 0 amide bonds. The van der Waals surface area contributed by atoms with Gasteiger partial charge in [0.1, 0.15) is 0 Å². The molecule has 0 spiro atoms. The number of rotatable bonds is 3. The van der Waals surface area contributed by atoms with E-state index in [1.165, 1.54) is 25.7 Å². The number of aliphatic hydroxyl groups is 1. The fourth-order valence-corrected chi connectivity index (χ4v) is 2.50. The predicted molar refractivity (Wildman–Crippen MR) is 44.9 cm³/mol. The van der Waals surface area contributed by atoms with Crippen molar-refractivity contribution in [3.63, 3.8) is 0 Å². The van der Waals surface area contributed by atoms with Gasteiger partial charge in [-0.05, 0) is 12.8 Å². The Balaban J connectivity index is 2.11. The van der Waals surface area contributed by atoms with Crippen LogP contribution in [0.1, 0.15) is 25.7 Å². The Kier molecular flexibility index (Phi) is 3.52. The standard InChI is InChI=1S/C7H15NOS/c8-7(5-9)10-6-3-1-2-4-6/h6-7,9H,1-5,8H2. The molecule has 0 saturated heterocycles. The normalized spacial score (nSPS) is 23.4. The van der Waals surface area contributed by atoms with Crippen molar-refractivity contribution in [2.75, 3.05) is 6.61 Å². The summed E-state index contributed by atoms with van der Waals surface area (Å²) < 4.78 is 0. The van der Waals surface area contributed by atoms with Gasteiger partial charge in [0.25, 0.3) is 0 Å². The third-order valence-corrected chi connectivity index (χ3v) is 3.20. The fraction of sp³-hybridized carbons (Fsp3) is 1.00. The summed E-state index contributed by atoms with van der Waals surface area (Å²) in [7, 11) is 0. The van der Waals surface area contributed by atoms with Gasteiger partial charge < -0.3 is 10.8 Å². The van der Waals surface area contributed by atoms with Gasteiger partial charge in [-0.1, -0.05) is 12.8 Å². The van der Waals surface area contributed by atoms with Gasteiger partial charge in [0.15, 0.2) is 0 Å². The average Bonchev–Trinajstić information content (AvgIpc) is 2.40. The molecule has 2 nitrogen and oxygen atoms in total. The summed E-state index contributed by atoms with van der Waals surface area (Å²) in [6.07, 6.45) is 5.27. The van der Waals surface area contributed by atoms with Crippen molar-refractivity contribution < 1.29 is 5.11 Å². The molecule has 10 heavy (non-hydrogen) atoms. The van der Waals surface area contributed by atoms with Crippen molar-refractivity contribution in [2.45, 2.75) is 36.3 Å². The van der Waals surface area contributed by atoms with Crippen LogP contribution in [0.5, 0.6) is 0 Å². The highest BCUT2D eigenvalue weighted by molar-refractivity contribution is 8.00. The number of aliphatic hydroxyl groups excluding tert-OH is 1. The first-order valence-corrected chi connectivity index (χ1v) is 4.79. The zero-order valence-corrected chi connectivity index (χ0v) is 6.94. The summed E-state index contributed by atoms with van der Waals surface area (Å²) in [5.74, 6) is 0. The minimum absolute atomic E-state index is 0.0527. The first kappa shape index (κ1) is 8.37. The molecule has 0 aromatic carbocycles. The molecule has 0 aromatic rings. The van der Waals surface area contributed by atoms with Crippen LogP contribution in [0.3, 0.4) is 0 Å². The Morgan fingerprint density at radius 3 is 2.60 bits per heavy atom. The molecule has 1 atom stereocenters. The monoisotopic (exact) mass is 161 g/mol. The highest BCUT2D eigenvalue weighted by atomic mass is 32.2. The number of thioether (sulfide) groups is 1. The van der Waals surface area contributed by atoms with Crippen LogP contribution < -0.4 is 5.73 Å². The van der Waals surface area contributed by atoms with E-state index in [1.807, 2.05) is 0 Å². The molecule has 0 aromatic heterocycles. The molecule has 3 heteroatoms. The summed E-state index contributed by atoms with van der Waals surface area (Å²) in [6, 6.07) is 0. The van der Waals surface area contributed by atoms with Gasteiger partial charge in [0.05, 0.1) is 12.0 Å². The highest BCUT2D eigenvalue weighted by Gasteiger charge is 2.17. The molecule has 60 valence electrons. The van der Waals surface area contributed by atoms with Crippen LogP contribution in [0.15, 0.2) is 0 Å². The van der Waals surface area contributed by atoms with Crippen LogP contribution in [0.25, 0.3) is 0 Å². The lowest BCUT2D eigenvalue weighted by atomic mass is 10.4. The van der Waals surface area contributed by atoms with Crippen molar-refractivity contribution in [1.82, 2.24) is 0 Å². The van der Waals surface area contributed by atoms with Crippen LogP contribution in [0, 0.1) is 0 Å². The van der Waals surface area contributed by atoms with Crippen LogP contribution in [0.2, 0.25) is 0 Å². The molecule has 1 aliphatic carbocycles. The van der Waals surface area contributed by atoms with Gasteiger partial charge >= 0.3 is 0 Å². The lowest BCUT2D eigenvalue weighted by Crippen LogP contribution is -2.22. The van der Waals surface area contributed by atoms with E-state index < -0.39 is 0 Å². The third kappa shape index (κ3) is 2.48. The molecule has 0 aliphatic heterocycles. The Bertz CT molecular complexity index is 93.6. The van der Waals surface area contributed by atoms with Crippen LogP contribution in [-0.2, 0) is 0 Å². The molecule has 1 saturated carbocycles. The number of hydrogen-bond donors (Lipinski definition) is 2. The van der Waals surface area contributed by atoms with E-state index >= 15 is 0 Å². The highest BCUT2D eigenvalue weighted by Crippen LogP contribution is 2.30. The maximum atomic E-state index is 8.65. The minimum atomic E-state index is -0.0527. The maximum absolute atomic E-state index is 8.65. The Labute approximate surface area is 66.2 Å². The molecule has 0 heterocycles. The summed E-state index contributed by atoms with van der Waals surface area (Å²) in [4.78, 5) is 0. The lowest BCUT2D eigenvalue weighted by molar-refractivity contribution is 0.296. The minimum Gasteiger partial charge on any atom is -0.394 e. The molecule has 0 bridgehead atoms. The van der Waals surface area contributed by atoms with Crippen molar-refractivity contribution >= 4 is 11.8 Å². The molecular weight excluding hydrogens is 146 g/mol. The molecule has 1 fully saturated rings. The van der Waals surface area contributed by atoms with Gasteiger partial charge in [-0.2, -0.15) is 0 Å². The summed E-state index contributed by atoms with van der Waals surface area (Å²) in [5.41, 5.74) is 5.57. The molecular formula is C7H15NOS. The van der Waals surface area contributed by atoms with E-state index in [0.29, 0.717) is 0 Å². The first-order chi connectivity index (χ1) is 4.83. The smallest absolute Gasteiger partial charge is 0.0744 e. The summed E-state index contributed by atoms with van der Waals surface area (Å²) >= 11 is 1.73. The molecule has 3 N–H and O–H groups in total. The van der Waals surface area contributed by atoms with Gasteiger partial charge in [-0.25, -0.2) is 0 Å². The lowest BCUT2D eigenvalue weighted by Gasteiger charge is -2.12. The Hall–Kier alpha value is 0.270. The summed E-state index contributed by atoms with van der Waals surface area (Å²) in [5, 5.41) is 9.32. The van der Waals surface area contributed by atoms with Crippen LogP contribution >= 0.6 is 11.8 Å². The van der Waals surface area contributed by atoms with Gasteiger partial charge in [-0.3, -0.25) is 0 Å². The van der Waals surface area contributed by atoms with E-state index in [1.54, 1.807) is 11.8 Å². The van der Waals surface area contributed by atoms with Crippen LogP contribution in [0.4, 0.5) is 0 Å². The van der Waals surface area contributed by atoms with Crippen molar-refractivity contribution in [1.29, 1.82) is 0 Å². The largest absolute Gasteiger partial charge is 0.394 e. The number of nitrogens with two attached hydrogens (primary N) is 1. The topological polar surface area (TPSA) is 46.2 Å². The van der Waals surface area contributed by atoms with Crippen molar-refractivity contribution in [3.8, 4) is 0 Å². The van der Waals surface area contributed by atoms with Gasteiger partial charge in [0, 0.05) is 5.25 Å². The predicted octanol–water partition coefficient (Wildman–Crippen LogP) is 0.939. The second-order valence-corrected chi connectivity index (χ2v) is 4.31. The Morgan fingerprint density at radius 1 is 1.50 bits per heavy atom. The Morgan fingerprint density at radius 2 is 2.10 bits per heavy atom. The van der Waals surface area contributed by atoms with Crippen LogP contribution in [-0.4, -0.2) is 22.3 Å². The fourth-order valence-electron chi connectivity index (χ4n) is 1.31. The first-order valence-electron chi connectivity index (χ1n) is 3.85. The van der Waals surface area contributed by atoms with E-state index in [0.717, 1.165) is 5.25 Å². The van der Waals surface area contributed by atoms with Crippen molar-refractivity contribution in [2.24, 2.45) is 5.73 Å². The van der Waals surface area contributed by atoms with Gasteiger partial charge in [0.2, 0.25) is 0 Å². The molecule has 1 rings (SSSR count). The number of hydrogen-bond acceptors (Lipinski definition) is 3. The zero-order chi connectivity index (χ0) is 7.40. The SMILES string of the molecule is NC(CO)SC1CCCC1. The van der Waals surface area contributed by atoms with E-state index in [-0.39, 0.29) is 12.0 Å². The quantitative estimate of drug-likeness (QED) is 0.606. The zero-order valence-electron chi connectivity index (χ0n) is 6.12. The molecule has 1 aliphatic rings. The second-order valence-electron chi connectivity index (χ2n) is 2.76. The maximum Gasteiger partial charge on any atom is 0.0744 e. The van der Waals surface area contributed by atoms with E-state index in [9.17, 15) is 0 Å². The van der Waals surface area contributed by atoms with E-state index in [2.05, 4.69) is 0 Å². The van der Waals surface area contributed by atoms with Crippen molar-refractivity contribution in [3.05, 3.63) is 0 Å². The summed E-state index contributed by atoms with van der Waals surface area (Å²) in [6.45, 7) is 0.112. The van der Waals surface area contributed by atoms with E-state index in [4.69, 9.17) is 10.8 Å². The molecule has 1 unspecified atom stereocenters. The molecule has 0 radical (unpaired) electrons.